The van der Waals surface area contributed by atoms with Crippen LogP contribution in [0.15, 0.2) is 71.3 Å². The van der Waals surface area contributed by atoms with E-state index in [1.54, 1.807) is 7.11 Å². The van der Waals surface area contributed by atoms with Gasteiger partial charge in [0.1, 0.15) is 12.3 Å². The van der Waals surface area contributed by atoms with Gasteiger partial charge in [-0.1, -0.05) is 24.3 Å². The van der Waals surface area contributed by atoms with Crippen LogP contribution in [0.3, 0.4) is 0 Å². The summed E-state index contributed by atoms with van der Waals surface area (Å²) in [6.45, 7) is 7.79. The zero-order valence-electron chi connectivity index (χ0n) is 23.4. The summed E-state index contributed by atoms with van der Waals surface area (Å²) in [7, 11) is 8.10. The number of anilines is 1. The second-order valence-electron chi connectivity index (χ2n) is 10.0. The zero-order valence-corrected chi connectivity index (χ0v) is 27.7. The highest BCUT2D eigenvalue weighted by molar-refractivity contribution is 6.03. The molecule has 206 valence electrons. The summed E-state index contributed by atoms with van der Waals surface area (Å²) in [6.07, 6.45) is 6.20. The van der Waals surface area contributed by atoms with Gasteiger partial charge in [0.05, 0.1) is 40.5 Å². The van der Waals surface area contributed by atoms with E-state index in [0.29, 0.717) is 5.89 Å². The van der Waals surface area contributed by atoms with E-state index in [0.717, 1.165) is 63.6 Å². The van der Waals surface area contributed by atoms with Crippen molar-refractivity contribution in [2.75, 3.05) is 39.2 Å². The molecule has 39 heavy (non-hydrogen) atoms. The van der Waals surface area contributed by atoms with Crippen molar-refractivity contribution in [3.8, 4) is 5.75 Å². The number of fused-ring (bicyclic) bond motifs is 2. The Kier molecular flexibility index (Phi) is 10.2. The van der Waals surface area contributed by atoms with E-state index in [9.17, 15) is 0 Å². The summed E-state index contributed by atoms with van der Waals surface area (Å²) >= 11 is 0. The van der Waals surface area contributed by atoms with Crippen molar-refractivity contribution in [3.63, 3.8) is 0 Å². The third-order valence-electron chi connectivity index (χ3n) is 7.69. The van der Waals surface area contributed by atoms with Crippen molar-refractivity contribution < 1.29 is 66.2 Å². The number of quaternary nitrogens is 1. The number of allylic oxidation sites excluding steroid dienone is 2. The fourth-order valence-corrected chi connectivity index (χ4v) is 4.91. The topological polar surface area (TPSA) is 42.4 Å². The number of hydrogen-bond donors (Lipinski definition) is 0. The lowest BCUT2D eigenvalue weighted by Gasteiger charge is -2.32. The third-order valence-corrected chi connectivity index (χ3v) is 7.69. The number of benzene rings is 2. The van der Waals surface area contributed by atoms with Gasteiger partial charge in [0.2, 0.25) is 5.58 Å². The molecule has 0 spiro atoms. The first-order valence-electron chi connectivity index (χ1n) is 12.9. The SMILES string of the molecule is CC[N+](C)(CC)Cc1ccc(C2=C/C(=C\c3nc4c(ccc[n+]4C)o3)c3cc(OC)ccc3N2C)cc1.[I-].[I-]. The number of halogens is 2. The van der Waals surface area contributed by atoms with E-state index in [2.05, 4.69) is 75.3 Å². The number of rotatable bonds is 7. The number of nitrogens with zero attached hydrogens (tertiary/aromatic N) is 4. The summed E-state index contributed by atoms with van der Waals surface area (Å²) in [5.41, 5.74) is 8.45. The van der Waals surface area contributed by atoms with Crippen molar-refractivity contribution in [2.24, 2.45) is 7.05 Å². The molecule has 4 aromatic rings. The second kappa shape index (κ2) is 12.8. The summed E-state index contributed by atoms with van der Waals surface area (Å²) < 4.78 is 14.6. The predicted octanol–water partition coefficient (Wildman–Crippen LogP) is -0.313. The van der Waals surface area contributed by atoms with Gasteiger partial charge in [-0.2, -0.15) is 0 Å². The summed E-state index contributed by atoms with van der Waals surface area (Å²) in [4.78, 5) is 6.99. The Balaban J connectivity index is 0.00000210. The maximum atomic E-state index is 6.09. The summed E-state index contributed by atoms with van der Waals surface area (Å²) in [5, 5.41) is 0. The summed E-state index contributed by atoms with van der Waals surface area (Å²) in [6, 6.07) is 19.1. The van der Waals surface area contributed by atoms with E-state index in [1.807, 2.05) is 42.1 Å². The van der Waals surface area contributed by atoms with Crippen LogP contribution in [0.4, 0.5) is 5.69 Å². The van der Waals surface area contributed by atoms with Crippen LogP contribution in [0, 0.1) is 0 Å². The quantitative estimate of drug-likeness (QED) is 0.148. The molecular formula is C31H36I2N4O2. The summed E-state index contributed by atoms with van der Waals surface area (Å²) in [5.74, 6) is 1.39. The first kappa shape index (κ1) is 31.1. The number of aromatic nitrogens is 2. The van der Waals surface area contributed by atoms with Gasteiger partial charge < -0.3 is 66.5 Å². The lowest BCUT2D eigenvalue weighted by Crippen LogP contribution is -3.00. The molecule has 0 N–H and O–H groups in total. The van der Waals surface area contributed by atoms with Gasteiger partial charge in [-0.25, -0.2) is 4.57 Å². The molecule has 2 aromatic heterocycles. The highest BCUT2D eigenvalue weighted by atomic mass is 127. The molecule has 0 fully saturated rings. The first-order chi connectivity index (χ1) is 17.8. The van der Waals surface area contributed by atoms with Crippen LogP contribution in [-0.2, 0) is 13.6 Å². The molecule has 5 rings (SSSR count). The molecule has 1 aliphatic heterocycles. The van der Waals surface area contributed by atoms with Gasteiger partial charge in [-0.15, -0.1) is 0 Å². The highest BCUT2D eigenvalue weighted by Crippen LogP contribution is 2.41. The lowest BCUT2D eigenvalue weighted by molar-refractivity contribution is -0.919. The lowest BCUT2D eigenvalue weighted by atomic mass is 9.94. The molecule has 0 aliphatic carbocycles. The number of aryl methyl sites for hydroxylation is 1. The molecule has 0 amide bonds. The van der Waals surface area contributed by atoms with E-state index in [-0.39, 0.29) is 48.0 Å². The predicted molar refractivity (Wildman–Crippen MR) is 150 cm³/mol. The minimum atomic E-state index is 0. The van der Waals surface area contributed by atoms with Crippen molar-refractivity contribution in [3.05, 3.63) is 89.5 Å². The zero-order chi connectivity index (χ0) is 26.2. The number of pyridine rings is 1. The average Bonchev–Trinajstić information content (AvgIpc) is 3.34. The monoisotopic (exact) mass is 750 g/mol. The average molecular weight is 750 g/mol. The number of oxazole rings is 1. The first-order valence-corrected chi connectivity index (χ1v) is 12.9. The Bertz CT molecular complexity index is 1510. The minimum absolute atomic E-state index is 0. The molecule has 0 bridgehead atoms. The van der Waals surface area contributed by atoms with Crippen LogP contribution in [0.2, 0.25) is 0 Å². The normalized spacial score (nSPS) is 13.9. The Hall–Kier alpha value is -2.44. The minimum Gasteiger partial charge on any atom is -1.00 e. The van der Waals surface area contributed by atoms with Crippen molar-refractivity contribution >= 4 is 34.3 Å². The highest BCUT2D eigenvalue weighted by Gasteiger charge is 2.24. The third kappa shape index (κ3) is 6.33. The van der Waals surface area contributed by atoms with Gasteiger partial charge in [0.15, 0.2) is 0 Å². The van der Waals surface area contributed by atoms with Crippen molar-refractivity contribution in [2.45, 2.75) is 20.4 Å². The van der Waals surface area contributed by atoms with Crippen LogP contribution >= 0.6 is 0 Å². The molecule has 0 saturated heterocycles. The largest absolute Gasteiger partial charge is 1.00 e. The van der Waals surface area contributed by atoms with E-state index in [1.165, 1.54) is 11.1 Å². The van der Waals surface area contributed by atoms with Crippen molar-refractivity contribution in [1.29, 1.82) is 0 Å². The van der Waals surface area contributed by atoms with Gasteiger partial charge in [0, 0.05) is 40.6 Å². The Labute approximate surface area is 265 Å². The number of hydrogen-bond acceptors (Lipinski definition) is 4. The van der Waals surface area contributed by atoms with Crippen LogP contribution in [0.5, 0.6) is 5.75 Å². The number of methoxy groups -OCH3 is 1. The van der Waals surface area contributed by atoms with Gasteiger partial charge in [0.25, 0.3) is 0 Å². The maximum absolute atomic E-state index is 6.09. The molecule has 8 heteroatoms. The maximum Gasteiger partial charge on any atom is 0.370 e. The molecular weight excluding hydrogens is 714 g/mol. The van der Waals surface area contributed by atoms with Crippen LogP contribution in [-0.4, -0.2) is 43.8 Å². The van der Waals surface area contributed by atoms with Crippen molar-refractivity contribution in [1.82, 2.24) is 4.98 Å². The molecule has 0 atom stereocenters. The van der Waals surface area contributed by atoms with Crippen LogP contribution in [0.1, 0.15) is 36.4 Å². The molecule has 2 aromatic carbocycles. The second-order valence-corrected chi connectivity index (χ2v) is 10.0. The Morgan fingerprint density at radius 2 is 1.77 bits per heavy atom. The smallest absolute Gasteiger partial charge is 0.370 e. The number of ether oxygens (including phenoxy) is 1. The van der Waals surface area contributed by atoms with Crippen LogP contribution in [0.25, 0.3) is 28.6 Å². The van der Waals surface area contributed by atoms with E-state index in [4.69, 9.17) is 14.1 Å². The molecule has 0 radical (unpaired) electrons. The molecule has 0 saturated carbocycles. The molecule has 0 unspecified atom stereocenters. The fourth-order valence-electron chi connectivity index (χ4n) is 4.91. The fraction of sp³-hybridized carbons (Fsp3) is 0.290. The molecule has 3 heterocycles. The molecule has 1 aliphatic rings. The van der Waals surface area contributed by atoms with Gasteiger partial charge >= 0.3 is 11.5 Å². The van der Waals surface area contributed by atoms with Gasteiger partial charge in [-0.05, 0) is 61.4 Å². The van der Waals surface area contributed by atoms with Gasteiger partial charge in [-0.3, -0.25) is 0 Å². The van der Waals surface area contributed by atoms with Crippen LogP contribution < -0.4 is 62.2 Å². The Morgan fingerprint density at radius 1 is 1.05 bits per heavy atom. The van der Waals surface area contributed by atoms with E-state index < -0.39 is 0 Å². The van der Waals surface area contributed by atoms with E-state index >= 15 is 0 Å². The standard InChI is InChI=1S/C31H36N4O2.2HI/c1-7-35(5,8-2)21-22-11-13-23(14-12-22)28-18-24(26-20-25(36-6)15-16-27(26)34(28)4)19-30-32-31-29(37-30)10-9-17-33(31)3;;/h9-20H,7-8,21H2,1-6H3;2*1H/q+2;;/p-2. The Morgan fingerprint density at radius 3 is 2.41 bits per heavy atom. The molecule has 6 nitrogen and oxygen atoms in total.